The molecule has 1 aliphatic rings. The molecule has 172 valence electrons. The summed E-state index contributed by atoms with van der Waals surface area (Å²) in [6.07, 6.45) is 4.39. The molecule has 2 aromatic heterocycles. The van der Waals surface area contributed by atoms with Gasteiger partial charge in [0.2, 0.25) is 0 Å². The average molecular weight is 454 g/mol. The lowest BCUT2D eigenvalue weighted by Crippen LogP contribution is -2.45. The third-order valence-electron chi connectivity index (χ3n) is 5.75. The maximum Gasteiger partial charge on any atom is 0.149 e. The highest BCUT2D eigenvalue weighted by Gasteiger charge is 2.23. The molecule has 5 nitrogen and oxygen atoms in total. The van der Waals surface area contributed by atoms with Crippen molar-refractivity contribution in [2.24, 2.45) is 16.6 Å². The largest absolute Gasteiger partial charge is 0.327 e. The number of piperidine rings is 1. The Morgan fingerprint density at radius 2 is 1.85 bits per heavy atom. The van der Waals surface area contributed by atoms with Crippen LogP contribution in [0.1, 0.15) is 31.5 Å². The zero-order chi connectivity index (χ0) is 23.5. The van der Waals surface area contributed by atoms with E-state index in [-0.39, 0.29) is 11.7 Å². The Bertz CT molecular complexity index is 1150. The maximum absolute atomic E-state index is 14.4. The van der Waals surface area contributed by atoms with Crippen LogP contribution in [0.3, 0.4) is 0 Å². The predicted molar refractivity (Wildman–Crippen MR) is 123 cm³/mol. The fraction of sp³-hybridized carbons (Fsp3) is 0.320. The normalized spacial score (nSPS) is 19.6. The predicted octanol–water partition coefficient (Wildman–Crippen LogP) is 4.87. The summed E-state index contributed by atoms with van der Waals surface area (Å²) >= 11 is 0. The lowest BCUT2D eigenvalue weighted by Gasteiger charge is -2.34. The number of nitrogens with two attached hydrogens (primary N) is 1. The molecule has 4 rings (SSSR count). The van der Waals surface area contributed by atoms with Gasteiger partial charge in [-0.15, -0.1) is 0 Å². The summed E-state index contributed by atoms with van der Waals surface area (Å²) in [5.74, 6) is -2.05. The molecule has 3 heterocycles. The first-order valence-electron chi connectivity index (χ1n) is 10.9. The topological polar surface area (TPSA) is 67.4 Å². The molecule has 0 radical (unpaired) electrons. The summed E-state index contributed by atoms with van der Waals surface area (Å²) in [7, 11) is 0. The van der Waals surface area contributed by atoms with Crippen LogP contribution >= 0.6 is 0 Å². The maximum atomic E-state index is 14.4. The molecule has 0 bridgehead atoms. The number of aliphatic imine (C=N–C) groups is 1. The number of nitrogens with zero attached hydrogens (tertiary/aromatic N) is 4. The van der Waals surface area contributed by atoms with Crippen molar-refractivity contribution in [3.8, 4) is 11.3 Å². The molecule has 33 heavy (non-hydrogen) atoms. The van der Waals surface area contributed by atoms with Crippen molar-refractivity contribution >= 4 is 11.4 Å². The summed E-state index contributed by atoms with van der Waals surface area (Å²) in [5, 5.41) is 0. The first-order chi connectivity index (χ1) is 15.8. The summed E-state index contributed by atoms with van der Waals surface area (Å²) in [6.45, 7) is 6.35. The van der Waals surface area contributed by atoms with Crippen molar-refractivity contribution < 1.29 is 13.2 Å². The fourth-order valence-electron chi connectivity index (χ4n) is 4.31. The number of pyridine rings is 2. The number of hydrogen-bond donors (Lipinski definition) is 1. The highest BCUT2D eigenvalue weighted by molar-refractivity contribution is 5.99. The Labute approximate surface area is 191 Å². The second-order valence-electron chi connectivity index (χ2n) is 8.62. The molecule has 1 fully saturated rings. The number of hydrogen-bond acceptors (Lipinski definition) is 5. The number of halogens is 3. The third kappa shape index (κ3) is 5.29. The van der Waals surface area contributed by atoms with Gasteiger partial charge in [-0.05, 0) is 55.2 Å². The van der Waals surface area contributed by atoms with E-state index in [2.05, 4.69) is 26.8 Å². The van der Waals surface area contributed by atoms with Crippen molar-refractivity contribution in [2.45, 2.75) is 32.9 Å². The highest BCUT2D eigenvalue weighted by atomic mass is 19.1. The van der Waals surface area contributed by atoms with Gasteiger partial charge in [0.1, 0.15) is 23.1 Å². The minimum Gasteiger partial charge on any atom is -0.327 e. The summed E-state index contributed by atoms with van der Waals surface area (Å²) in [5.41, 5.74) is 7.73. The molecule has 3 aromatic rings. The van der Waals surface area contributed by atoms with Gasteiger partial charge in [-0.1, -0.05) is 13.0 Å². The Hall–Kier alpha value is -3.10. The van der Waals surface area contributed by atoms with Gasteiger partial charge in [0.05, 0.1) is 28.9 Å². The van der Waals surface area contributed by atoms with Crippen LogP contribution in [-0.2, 0) is 6.54 Å². The van der Waals surface area contributed by atoms with Crippen molar-refractivity contribution in [3.63, 3.8) is 0 Å². The zero-order valence-corrected chi connectivity index (χ0v) is 18.6. The number of benzene rings is 1. The lowest BCUT2D eigenvalue weighted by molar-refractivity contribution is 0.158. The summed E-state index contributed by atoms with van der Waals surface area (Å²) in [6, 6.07) is 8.01. The van der Waals surface area contributed by atoms with E-state index in [4.69, 9.17) is 5.73 Å². The molecule has 2 N–H and O–H groups in total. The van der Waals surface area contributed by atoms with E-state index in [0.29, 0.717) is 29.6 Å². The Morgan fingerprint density at radius 3 is 2.58 bits per heavy atom. The van der Waals surface area contributed by atoms with Crippen LogP contribution in [0, 0.1) is 23.4 Å². The van der Waals surface area contributed by atoms with Crippen LogP contribution in [0.25, 0.3) is 11.3 Å². The molecule has 1 saturated heterocycles. The fourth-order valence-corrected chi connectivity index (χ4v) is 4.31. The van der Waals surface area contributed by atoms with Crippen LogP contribution in [0.2, 0.25) is 0 Å². The van der Waals surface area contributed by atoms with Crippen LogP contribution < -0.4 is 5.73 Å². The summed E-state index contributed by atoms with van der Waals surface area (Å²) < 4.78 is 42.9. The molecule has 2 atom stereocenters. The van der Waals surface area contributed by atoms with Gasteiger partial charge in [-0.25, -0.2) is 23.1 Å². The first-order valence-corrected chi connectivity index (χ1v) is 10.9. The van der Waals surface area contributed by atoms with Gasteiger partial charge in [-0.2, -0.15) is 0 Å². The molecular weight excluding hydrogens is 427 g/mol. The van der Waals surface area contributed by atoms with Gasteiger partial charge in [0.25, 0.3) is 0 Å². The van der Waals surface area contributed by atoms with E-state index < -0.39 is 23.0 Å². The lowest BCUT2D eigenvalue weighted by atomic mass is 9.96. The van der Waals surface area contributed by atoms with Gasteiger partial charge in [0, 0.05) is 31.9 Å². The molecule has 0 aliphatic carbocycles. The standard InChI is InChI=1S/C25H26F3N5/c1-15-10-18(29)14-33(12-15)13-17-8-9-30-11-23(17)31-16(2)22-7-6-21(28)25(32-22)24-19(26)4-3-5-20(24)27/h3-9,11,15,18H,10,12-14,29H2,1-2H3. The quantitative estimate of drug-likeness (QED) is 0.560. The Balaban J connectivity index is 1.65. The minimum atomic E-state index is -0.878. The molecule has 8 heteroatoms. The molecule has 0 amide bonds. The third-order valence-corrected chi connectivity index (χ3v) is 5.75. The van der Waals surface area contributed by atoms with Crippen LogP contribution in [0.15, 0.2) is 53.8 Å². The van der Waals surface area contributed by atoms with E-state index in [9.17, 15) is 13.2 Å². The van der Waals surface area contributed by atoms with E-state index in [1.54, 1.807) is 19.3 Å². The molecule has 0 spiro atoms. The van der Waals surface area contributed by atoms with E-state index >= 15 is 0 Å². The van der Waals surface area contributed by atoms with Crippen LogP contribution in [0.5, 0.6) is 0 Å². The van der Waals surface area contributed by atoms with Gasteiger partial charge < -0.3 is 5.73 Å². The van der Waals surface area contributed by atoms with E-state index in [1.807, 2.05) is 6.07 Å². The van der Waals surface area contributed by atoms with Crippen LogP contribution in [-0.4, -0.2) is 39.7 Å². The molecule has 0 saturated carbocycles. The van der Waals surface area contributed by atoms with Crippen molar-refractivity contribution in [2.75, 3.05) is 13.1 Å². The highest BCUT2D eigenvalue weighted by Crippen LogP contribution is 2.28. The van der Waals surface area contributed by atoms with Crippen molar-refractivity contribution in [3.05, 3.63) is 77.5 Å². The zero-order valence-electron chi connectivity index (χ0n) is 18.6. The van der Waals surface area contributed by atoms with Gasteiger partial charge >= 0.3 is 0 Å². The molecular formula is C25H26F3N5. The van der Waals surface area contributed by atoms with Crippen molar-refractivity contribution in [1.29, 1.82) is 0 Å². The van der Waals surface area contributed by atoms with Gasteiger partial charge in [0.15, 0.2) is 0 Å². The minimum absolute atomic E-state index is 0.143. The molecule has 2 unspecified atom stereocenters. The Kier molecular flexibility index (Phi) is 6.85. The van der Waals surface area contributed by atoms with Crippen molar-refractivity contribution in [1.82, 2.24) is 14.9 Å². The van der Waals surface area contributed by atoms with Crippen LogP contribution in [0.4, 0.5) is 18.9 Å². The second-order valence-corrected chi connectivity index (χ2v) is 8.62. The van der Waals surface area contributed by atoms with Gasteiger partial charge in [-0.3, -0.25) is 9.88 Å². The second kappa shape index (κ2) is 9.80. The number of rotatable bonds is 5. The average Bonchev–Trinajstić information content (AvgIpc) is 2.75. The SMILES string of the molecule is CC(=Nc1cnccc1CN1CC(C)CC(N)C1)c1ccc(F)c(-c2c(F)cccc2F)n1. The smallest absolute Gasteiger partial charge is 0.149 e. The van der Waals surface area contributed by atoms with E-state index in [0.717, 1.165) is 43.3 Å². The molecule has 1 aromatic carbocycles. The Morgan fingerprint density at radius 1 is 1.09 bits per heavy atom. The number of aromatic nitrogens is 2. The van der Waals surface area contributed by atoms with E-state index in [1.165, 1.54) is 12.1 Å². The monoisotopic (exact) mass is 453 g/mol. The summed E-state index contributed by atoms with van der Waals surface area (Å²) in [4.78, 5) is 15.3. The molecule has 1 aliphatic heterocycles. The number of likely N-dealkylation sites (tertiary alicyclic amines) is 1. The first kappa shape index (κ1) is 23.1.